The zero-order chi connectivity index (χ0) is 23.2. The zero-order valence-corrected chi connectivity index (χ0v) is 19.3. The molecule has 0 radical (unpaired) electrons. The Morgan fingerprint density at radius 1 is 1.21 bits per heavy atom. The van der Waals surface area contributed by atoms with Crippen LogP contribution in [0.4, 0.5) is 11.5 Å². The second-order valence-electron chi connectivity index (χ2n) is 7.50. The summed E-state index contributed by atoms with van der Waals surface area (Å²) in [7, 11) is 0. The molecule has 0 saturated heterocycles. The smallest absolute Gasteiger partial charge is 0.329 e. The van der Waals surface area contributed by atoms with Crippen LogP contribution in [0.5, 0.6) is 0 Å². The lowest BCUT2D eigenvalue weighted by Gasteiger charge is -2.20. The monoisotopic (exact) mass is 479 g/mol. The van der Waals surface area contributed by atoms with Gasteiger partial charge in [-0.2, -0.15) is 11.8 Å². The molecule has 1 unspecified atom stereocenters. The summed E-state index contributed by atoms with van der Waals surface area (Å²) in [5, 5.41) is 24.2. The Morgan fingerprint density at radius 3 is 2.64 bits per heavy atom. The van der Waals surface area contributed by atoms with Crippen molar-refractivity contribution in [1.82, 2.24) is 9.97 Å². The van der Waals surface area contributed by atoms with E-state index in [0.717, 1.165) is 34.6 Å². The summed E-state index contributed by atoms with van der Waals surface area (Å²) >= 11 is 7.84. The van der Waals surface area contributed by atoms with Gasteiger partial charge in [0.15, 0.2) is 5.82 Å². The maximum absolute atomic E-state index is 11.6. The fourth-order valence-electron chi connectivity index (χ4n) is 3.63. The van der Waals surface area contributed by atoms with Crippen molar-refractivity contribution in [1.29, 1.82) is 5.41 Å². The molecule has 0 aliphatic carbocycles. The molecule has 0 amide bonds. The quantitative estimate of drug-likeness (QED) is 0.239. The van der Waals surface area contributed by atoms with Gasteiger partial charge < -0.3 is 10.7 Å². The average molecular weight is 480 g/mol. The van der Waals surface area contributed by atoms with E-state index in [9.17, 15) is 10.1 Å². The SMILES string of the molecule is N=C(c1ccc(Cl)cc1)C(CNc1nc(C2=CCSCC2)ncc1[N+](=O)[O-])c1ccccc1. The predicted molar refractivity (Wildman–Crippen MR) is 135 cm³/mol. The third kappa shape index (κ3) is 5.58. The van der Waals surface area contributed by atoms with Gasteiger partial charge in [0.05, 0.1) is 4.92 Å². The molecule has 9 heteroatoms. The van der Waals surface area contributed by atoms with E-state index in [1.165, 1.54) is 6.20 Å². The van der Waals surface area contributed by atoms with Crippen LogP contribution in [-0.2, 0) is 0 Å². The highest BCUT2D eigenvalue weighted by molar-refractivity contribution is 7.99. The van der Waals surface area contributed by atoms with Crippen molar-refractivity contribution in [2.45, 2.75) is 12.3 Å². The number of rotatable bonds is 8. The first-order valence-corrected chi connectivity index (χ1v) is 12.0. The maximum atomic E-state index is 11.6. The lowest BCUT2D eigenvalue weighted by atomic mass is 9.90. The summed E-state index contributed by atoms with van der Waals surface area (Å²) in [6.07, 6.45) is 4.16. The standard InChI is InChI=1S/C24H22ClN5O2S/c25-19-8-6-17(7-9-19)22(26)20(16-4-2-1-3-5-16)14-27-24-21(30(31)32)15-28-23(29-24)18-10-12-33-13-11-18/h1-10,15,20,26H,11-14H2,(H,27,28,29). The van der Waals surface area contributed by atoms with Gasteiger partial charge in [-0.05, 0) is 41.0 Å². The number of nitrogens with zero attached hydrogens (tertiary/aromatic N) is 3. The molecule has 0 fully saturated rings. The molecule has 1 aliphatic heterocycles. The van der Waals surface area contributed by atoms with Gasteiger partial charge in [-0.25, -0.2) is 9.97 Å². The van der Waals surface area contributed by atoms with Crippen LogP contribution in [0.1, 0.15) is 29.3 Å². The van der Waals surface area contributed by atoms with E-state index < -0.39 is 4.92 Å². The maximum Gasteiger partial charge on any atom is 0.329 e. The molecule has 7 nitrogen and oxygen atoms in total. The Kier molecular flexibility index (Phi) is 7.36. The van der Waals surface area contributed by atoms with Crippen LogP contribution in [-0.4, -0.2) is 38.7 Å². The molecule has 0 spiro atoms. The topological polar surface area (TPSA) is 105 Å². The van der Waals surface area contributed by atoms with Crippen molar-refractivity contribution < 1.29 is 4.92 Å². The van der Waals surface area contributed by atoms with Crippen molar-refractivity contribution in [2.24, 2.45) is 0 Å². The summed E-state index contributed by atoms with van der Waals surface area (Å²) in [6.45, 7) is 0.262. The van der Waals surface area contributed by atoms with Crippen LogP contribution in [0.3, 0.4) is 0 Å². The van der Waals surface area contributed by atoms with Gasteiger partial charge in [0.1, 0.15) is 6.20 Å². The van der Waals surface area contributed by atoms with Crippen LogP contribution in [0, 0.1) is 15.5 Å². The summed E-state index contributed by atoms with van der Waals surface area (Å²) in [5.74, 6) is 2.17. The van der Waals surface area contributed by atoms with Crippen LogP contribution in [0.2, 0.25) is 5.02 Å². The lowest BCUT2D eigenvalue weighted by Crippen LogP contribution is -2.22. The van der Waals surface area contributed by atoms with E-state index in [1.54, 1.807) is 24.3 Å². The molecule has 1 aromatic heterocycles. The van der Waals surface area contributed by atoms with E-state index in [4.69, 9.17) is 17.0 Å². The molecule has 3 aromatic rings. The van der Waals surface area contributed by atoms with E-state index in [1.807, 2.05) is 42.1 Å². The molecule has 0 bridgehead atoms. The Morgan fingerprint density at radius 2 is 1.97 bits per heavy atom. The molecule has 2 N–H and O–H groups in total. The van der Waals surface area contributed by atoms with Gasteiger partial charge in [-0.3, -0.25) is 10.1 Å². The normalized spacial score (nSPS) is 14.3. The minimum absolute atomic E-state index is 0.161. The fraction of sp³-hybridized carbons (Fsp3) is 0.208. The number of halogens is 1. The molecule has 1 atom stereocenters. The number of allylic oxidation sites excluding steroid dienone is 1. The number of benzene rings is 2. The minimum atomic E-state index is -0.487. The van der Waals surface area contributed by atoms with E-state index in [2.05, 4.69) is 21.4 Å². The second kappa shape index (κ2) is 10.6. The third-order valence-electron chi connectivity index (χ3n) is 5.40. The van der Waals surface area contributed by atoms with Crippen molar-refractivity contribution in [2.75, 3.05) is 23.4 Å². The molecule has 33 heavy (non-hydrogen) atoms. The Hall–Kier alpha value is -3.23. The number of hydrogen-bond acceptors (Lipinski definition) is 7. The molecular weight excluding hydrogens is 458 g/mol. The number of anilines is 1. The summed E-state index contributed by atoms with van der Waals surface area (Å²) < 4.78 is 0. The van der Waals surface area contributed by atoms with E-state index >= 15 is 0 Å². The van der Waals surface area contributed by atoms with Gasteiger partial charge >= 0.3 is 5.69 Å². The number of thioether (sulfide) groups is 1. The van der Waals surface area contributed by atoms with Gasteiger partial charge in [0.25, 0.3) is 0 Å². The minimum Gasteiger partial charge on any atom is -0.363 e. The van der Waals surface area contributed by atoms with Crippen molar-refractivity contribution in [3.63, 3.8) is 0 Å². The number of nitro groups is 1. The average Bonchev–Trinajstić information content (AvgIpc) is 2.85. The van der Waals surface area contributed by atoms with Crippen LogP contribution >= 0.6 is 23.4 Å². The van der Waals surface area contributed by atoms with Gasteiger partial charge in [-0.1, -0.05) is 60.1 Å². The lowest BCUT2D eigenvalue weighted by molar-refractivity contribution is -0.384. The Labute approximate surface area is 201 Å². The Bertz CT molecular complexity index is 1190. The summed E-state index contributed by atoms with van der Waals surface area (Å²) in [4.78, 5) is 19.9. The van der Waals surface area contributed by atoms with Crippen molar-refractivity contribution >= 4 is 46.2 Å². The van der Waals surface area contributed by atoms with Crippen molar-refractivity contribution in [3.05, 3.63) is 99.0 Å². The summed E-state index contributed by atoms with van der Waals surface area (Å²) in [5.41, 5.74) is 2.86. The predicted octanol–water partition coefficient (Wildman–Crippen LogP) is 5.82. The molecule has 2 aromatic carbocycles. The third-order valence-corrected chi connectivity index (χ3v) is 6.54. The Balaban J connectivity index is 1.64. The van der Waals surface area contributed by atoms with Crippen molar-refractivity contribution in [3.8, 4) is 0 Å². The van der Waals surface area contributed by atoms with Gasteiger partial charge in [0, 0.05) is 28.9 Å². The highest BCUT2D eigenvalue weighted by atomic mass is 35.5. The highest BCUT2D eigenvalue weighted by Crippen LogP contribution is 2.29. The first-order valence-electron chi connectivity index (χ1n) is 10.4. The van der Waals surface area contributed by atoms with E-state index in [-0.39, 0.29) is 24.0 Å². The number of hydrogen-bond donors (Lipinski definition) is 2. The fourth-order valence-corrected chi connectivity index (χ4v) is 4.60. The first-order chi connectivity index (χ1) is 16.0. The van der Waals surface area contributed by atoms with E-state index in [0.29, 0.717) is 16.6 Å². The summed E-state index contributed by atoms with van der Waals surface area (Å²) in [6, 6.07) is 16.7. The van der Waals surface area contributed by atoms with Gasteiger partial charge in [0.2, 0.25) is 5.82 Å². The molecule has 0 saturated carbocycles. The largest absolute Gasteiger partial charge is 0.363 e. The molecule has 1 aliphatic rings. The molecule has 2 heterocycles. The highest BCUT2D eigenvalue weighted by Gasteiger charge is 2.23. The molecule has 168 valence electrons. The van der Waals surface area contributed by atoms with Crippen LogP contribution in [0.15, 0.2) is 66.9 Å². The van der Waals surface area contributed by atoms with Crippen LogP contribution in [0.25, 0.3) is 5.57 Å². The molecular formula is C24H22ClN5O2S. The molecule has 4 rings (SSSR count). The number of nitrogens with one attached hydrogen (secondary N) is 2. The second-order valence-corrected chi connectivity index (χ2v) is 9.09. The van der Waals surface area contributed by atoms with Gasteiger partial charge in [-0.15, -0.1) is 0 Å². The zero-order valence-electron chi connectivity index (χ0n) is 17.7. The number of aromatic nitrogens is 2. The first kappa shape index (κ1) is 22.9. The van der Waals surface area contributed by atoms with Crippen LogP contribution < -0.4 is 5.32 Å².